The minimum Gasteiger partial charge on any atom is -0.445 e. The Balaban J connectivity index is 1.73. The largest absolute Gasteiger partial charge is 0.445 e. The first-order chi connectivity index (χ1) is 15.6. The van der Waals surface area contributed by atoms with E-state index < -0.39 is 18.2 Å². The molecule has 3 aromatic carbocycles. The van der Waals surface area contributed by atoms with Crippen molar-refractivity contribution in [1.82, 2.24) is 10.2 Å². The smallest absolute Gasteiger partial charge is 0.411 e. The van der Waals surface area contributed by atoms with Crippen LogP contribution in [0, 0.1) is 0 Å². The summed E-state index contributed by atoms with van der Waals surface area (Å²) in [5.41, 5.74) is 2.53. The fourth-order valence-electron chi connectivity index (χ4n) is 3.30. The van der Waals surface area contributed by atoms with Crippen molar-refractivity contribution in [2.24, 2.45) is 0 Å². The molecule has 166 valence electrons. The number of aliphatic hydroxyl groups excluding tert-OH is 1. The van der Waals surface area contributed by atoms with Crippen LogP contribution in [0.4, 0.5) is 4.79 Å². The predicted molar refractivity (Wildman–Crippen MR) is 122 cm³/mol. The van der Waals surface area contributed by atoms with Crippen LogP contribution in [0.2, 0.25) is 0 Å². The van der Waals surface area contributed by atoms with Crippen LogP contribution < -0.4 is 5.32 Å². The summed E-state index contributed by atoms with van der Waals surface area (Å²) in [7, 11) is 0. The van der Waals surface area contributed by atoms with E-state index in [1.165, 1.54) is 4.90 Å². The third kappa shape index (κ3) is 6.43. The van der Waals surface area contributed by atoms with Crippen LogP contribution in [0.1, 0.15) is 29.7 Å². The zero-order valence-electron chi connectivity index (χ0n) is 18.1. The highest BCUT2D eigenvalue weighted by molar-refractivity contribution is 5.85. The second kappa shape index (κ2) is 11.7. The Hall–Kier alpha value is -3.64. The summed E-state index contributed by atoms with van der Waals surface area (Å²) in [6.45, 7) is 1.74. The van der Waals surface area contributed by atoms with Crippen LogP contribution in [-0.2, 0) is 22.7 Å². The van der Waals surface area contributed by atoms with Crippen LogP contribution in [0.15, 0.2) is 91.0 Å². The maximum absolute atomic E-state index is 13.0. The van der Waals surface area contributed by atoms with Gasteiger partial charge in [-0.2, -0.15) is 0 Å². The van der Waals surface area contributed by atoms with Crippen LogP contribution in [0.5, 0.6) is 0 Å². The monoisotopic (exact) mass is 432 g/mol. The Labute approximate surface area is 188 Å². The van der Waals surface area contributed by atoms with Gasteiger partial charge in [0.15, 0.2) is 0 Å². The predicted octanol–water partition coefficient (Wildman–Crippen LogP) is 4.06. The number of rotatable bonds is 9. The molecule has 2 N–H and O–H groups in total. The first-order valence-electron chi connectivity index (χ1n) is 10.6. The molecule has 2 atom stereocenters. The lowest BCUT2D eigenvalue weighted by Gasteiger charge is -2.29. The maximum Gasteiger partial charge on any atom is 0.411 e. The van der Waals surface area contributed by atoms with Crippen molar-refractivity contribution in [2.75, 3.05) is 6.61 Å². The van der Waals surface area contributed by atoms with Gasteiger partial charge in [-0.1, -0.05) is 91.0 Å². The van der Waals surface area contributed by atoms with Gasteiger partial charge in [0.05, 0.1) is 12.6 Å². The van der Waals surface area contributed by atoms with Gasteiger partial charge in [-0.25, -0.2) is 4.79 Å². The lowest BCUT2D eigenvalue weighted by Crippen LogP contribution is -2.49. The molecule has 2 amide bonds. The van der Waals surface area contributed by atoms with Gasteiger partial charge in [-0.15, -0.1) is 0 Å². The van der Waals surface area contributed by atoms with Gasteiger partial charge in [0.25, 0.3) is 0 Å². The van der Waals surface area contributed by atoms with E-state index in [2.05, 4.69) is 5.32 Å². The van der Waals surface area contributed by atoms with E-state index in [1.54, 1.807) is 6.92 Å². The van der Waals surface area contributed by atoms with E-state index in [-0.39, 0.29) is 25.7 Å². The highest BCUT2D eigenvalue weighted by atomic mass is 16.6. The van der Waals surface area contributed by atoms with E-state index >= 15 is 0 Å². The van der Waals surface area contributed by atoms with Crippen molar-refractivity contribution in [3.63, 3.8) is 0 Å². The molecule has 0 unspecified atom stereocenters. The molecule has 3 rings (SSSR count). The standard InChI is InChI=1S/C26H28N2O4/c1-20(25(30)27-24(18-29)23-15-9-4-10-16-23)28(17-21-11-5-2-6-12-21)26(31)32-19-22-13-7-3-8-14-22/h2-16,20,24,29H,17-19H2,1H3,(H,27,30)/t20-,24-/m0/s1. The van der Waals surface area contributed by atoms with Crippen LogP contribution in [-0.4, -0.2) is 34.7 Å². The van der Waals surface area contributed by atoms with Crippen molar-refractivity contribution in [1.29, 1.82) is 0 Å². The molecule has 0 saturated heterocycles. The Morgan fingerprint density at radius 1 is 0.875 bits per heavy atom. The summed E-state index contributed by atoms with van der Waals surface area (Å²) in [6, 6.07) is 26.7. The minimum absolute atomic E-state index is 0.114. The fourth-order valence-corrected chi connectivity index (χ4v) is 3.30. The van der Waals surface area contributed by atoms with Crippen LogP contribution in [0.25, 0.3) is 0 Å². The summed E-state index contributed by atoms with van der Waals surface area (Å²) in [6.07, 6.45) is -0.583. The van der Waals surface area contributed by atoms with Crippen molar-refractivity contribution >= 4 is 12.0 Å². The molecule has 0 aliphatic rings. The molecule has 32 heavy (non-hydrogen) atoms. The third-order valence-electron chi connectivity index (χ3n) is 5.18. The highest BCUT2D eigenvalue weighted by Crippen LogP contribution is 2.15. The first kappa shape index (κ1) is 23.0. The van der Waals surface area contributed by atoms with Gasteiger partial charge in [-0.3, -0.25) is 9.69 Å². The van der Waals surface area contributed by atoms with Gasteiger partial charge in [-0.05, 0) is 23.6 Å². The quantitative estimate of drug-likeness (QED) is 0.534. The summed E-state index contributed by atoms with van der Waals surface area (Å²) >= 11 is 0. The van der Waals surface area contributed by atoms with Gasteiger partial charge >= 0.3 is 6.09 Å². The van der Waals surface area contributed by atoms with Crippen molar-refractivity contribution in [2.45, 2.75) is 32.2 Å². The number of amides is 2. The SMILES string of the molecule is C[C@@H](C(=O)N[C@@H](CO)c1ccccc1)N(Cc1ccccc1)C(=O)OCc1ccccc1. The number of carbonyl (C=O) groups excluding carboxylic acids is 2. The van der Waals surface area contributed by atoms with Gasteiger partial charge in [0, 0.05) is 6.54 Å². The second-order valence-electron chi connectivity index (χ2n) is 7.48. The first-order valence-corrected chi connectivity index (χ1v) is 10.6. The number of carbonyl (C=O) groups is 2. The molecule has 0 aliphatic heterocycles. The van der Waals surface area contributed by atoms with Crippen LogP contribution in [0.3, 0.4) is 0 Å². The molecular formula is C26H28N2O4. The number of hydrogen-bond acceptors (Lipinski definition) is 4. The fraction of sp³-hybridized carbons (Fsp3) is 0.231. The lowest BCUT2D eigenvalue weighted by atomic mass is 10.1. The number of benzene rings is 3. The maximum atomic E-state index is 13.0. The van der Waals surface area contributed by atoms with Gasteiger partial charge in [0.2, 0.25) is 5.91 Å². The molecular weight excluding hydrogens is 404 g/mol. The number of nitrogens with one attached hydrogen (secondary N) is 1. The van der Waals surface area contributed by atoms with E-state index in [0.717, 1.165) is 16.7 Å². The zero-order valence-corrected chi connectivity index (χ0v) is 18.1. The average molecular weight is 433 g/mol. The zero-order chi connectivity index (χ0) is 22.8. The molecule has 6 nitrogen and oxygen atoms in total. The summed E-state index contributed by atoms with van der Waals surface area (Å²) in [5.74, 6) is -0.375. The molecule has 0 fully saturated rings. The lowest BCUT2D eigenvalue weighted by molar-refractivity contribution is -0.126. The normalized spacial score (nSPS) is 12.4. The van der Waals surface area contributed by atoms with E-state index in [1.807, 2.05) is 91.0 Å². The second-order valence-corrected chi connectivity index (χ2v) is 7.48. The summed E-state index contributed by atoms with van der Waals surface area (Å²) < 4.78 is 5.51. The molecule has 3 aromatic rings. The Morgan fingerprint density at radius 2 is 1.41 bits per heavy atom. The van der Waals surface area contributed by atoms with Crippen molar-refractivity contribution in [3.05, 3.63) is 108 Å². The Morgan fingerprint density at radius 3 is 1.97 bits per heavy atom. The topological polar surface area (TPSA) is 78.9 Å². The van der Waals surface area contributed by atoms with Crippen molar-refractivity contribution in [3.8, 4) is 0 Å². The third-order valence-corrected chi connectivity index (χ3v) is 5.18. The molecule has 0 spiro atoms. The van der Waals surface area contributed by atoms with Gasteiger partial charge < -0.3 is 15.2 Å². The molecule has 0 radical (unpaired) electrons. The van der Waals surface area contributed by atoms with Crippen molar-refractivity contribution < 1.29 is 19.4 Å². The molecule has 0 aliphatic carbocycles. The van der Waals surface area contributed by atoms with E-state index in [9.17, 15) is 14.7 Å². The molecule has 0 heterocycles. The minimum atomic E-state index is -0.809. The van der Waals surface area contributed by atoms with Crippen LogP contribution >= 0.6 is 0 Å². The summed E-state index contributed by atoms with van der Waals surface area (Å²) in [4.78, 5) is 27.4. The average Bonchev–Trinajstić information content (AvgIpc) is 2.85. The van der Waals surface area contributed by atoms with Gasteiger partial charge in [0.1, 0.15) is 12.6 Å². The number of ether oxygens (including phenoxy) is 1. The number of nitrogens with zero attached hydrogens (tertiary/aromatic N) is 1. The summed E-state index contributed by atoms with van der Waals surface area (Å²) in [5, 5.41) is 12.6. The molecule has 0 bridgehead atoms. The number of hydrogen-bond donors (Lipinski definition) is 2. The molecule has 0 saturated carbocycles. The number of aliphatic hydroxyl groups is 1. The molecule has 0 aromatic heterocycles. The highest BCUT2D eigenvalue weighted by Gasteiger charge is 2.29. The van der Waals surface area contributed by atoms with E-state index in [4.69, 9.17) is 4.74 Å². The Kier molecular flexibility index (Phi) is 8.40. The molecule has 6 heteroatoms. The van der Waals surface area contributed by atoms with E-state index in [0.29, 0.717) is 0 Å². The Bertz CT molecular complexity index is 980.